The minimum atomic E-state index is 0.0450. The lowest BCUT2D eigenvalue weighted by molar-refractivity contribution is 0.0501. The van der Waals surface area contributed by atoms with Crippen molar-refractivity contribution in [3.63, 3.8) is 0 Å². The number of imidazole rings is 1. The van der Waals surface area contributed by atoms with E-state index in [1.54, 1.807) is 6.33 Å². The highest BCUT2D eigenvalue weighted by Crippen LogP contribution is 2.18. The van der Waals surface area contributed by atoms with Gasteiger partial charge in [-0.15, -0.1) is 0 Å². The maximum absolute atomic E-state index is 12.7. The van der Waals surface area contributed by atoms with Gasteiger partial charge in [0, 0.05) is 44.9 Å². The van der Waals surface area contributed by atoms with Gasteiger partial charge in [0.2, 0.25) is 0 Å². The molecule has 6 nitrogen and oxygen atoms in total. The van der Waals surface area contributed by atoms with Crippen LogP contribution >= 0.6 is 0 Å². The van der Waals surface area contributed by atoms with E-state index in [0.29, 0.717) is 18.5 Å². The second-order valence-corrected chi connectivity index (χ2v) is 5.96. The standard InChI is InChI=1S/C16H22N4O2/c1-18-6-7-20(10-13(18)5-8-21)16(22)12-3-4-15-14(9-12)17-11-19(15)2/h3-4,9,11,13,21H,5-8,10H2,1-2H3/t13-/m1/s1. The summed E-state index contributed by atoms with van der Waals surface area (Å²) in [5.41, 5.74) is 2.54. The smallest absolute Gasteiger partial charge is 0.254 e. The molecule has 22 heavy (non-hydrogen) atoms. The van der Waals surface area contributed by atoms with Crippen molar-refractivity contribution in [1.82, 2.24) is 19.4 Å². The summed E-state index contributed by atoms with van der Waals surface area (Å²) in [6.45, 7) is 2.37. The average Bonchev–Trinajstić information content (AvgIpc) is 2.90. The fraction of sp³-hybridized carbons (Fsp3) is 0.500. The molecule has 0 bridgehead atoms. The number of fused-ring (bicyclic) bond motifs is 1. The number of aliphatic hydroxyl groups excluding tert-OH is 1. The van der Waals surface area contributed by atoms with Crippen LogP contribution in [0.4, 0.5) is 0 Å². The molecule has 1 fully saturated rings. The third-order valence-electron chi connectivity index (χ3n) is 4.50. The van der Waals surface area contributed by atoms with Crippen LogP contribution in [0.3, 0.4) is 0 Å². The number of hydrogen-bond donors (Lipinski definition) is 1. The summed E-state index contributed by atoms with van der Waals surface area (Å²) in [4.78, 5) is 21.1. The van der Waals surface area contributed by atoms with Gasteiger partial charge >= 0.3 is 0 Å². The molecular formula is C16H22N4O2. The van der Waals surface area contributed by atoms with Crippen LogP contribution in [0.15, 0.2) is 24.5 Å². The van der Waals surface area contributed by atoms with Crippen LogP contribution in [-0.2, 0) is 7.05 Å². The number of aliphatic hydroxyl groups is 1. The van der Waals surface area contributed by atoms with Gasteiger partial charge < -0.3 is 14.6 Å². The third-order valence-corrected chi connectivity index (χ3v) is 4.50. The Morgan fingerprint density at radius 3 is 2.95 bits per heavy atom. The van der Waals surface area contributed by atoms with E-state index in [2.05, 4.69) is 9.88 Å². The number of nitrogens with zero attached hydrogens (tertiary/aromatic N) is 4. The van der Waals surface area contributed by atoms with Crippen LogP contribution in [0.1, 0.15) is 16.8 Å². The zero-order valence-electron chi connectivity index (χ0n) is 13.1. The van der Waals surface area contributed by atoms with Crippen molar-refractivity contribution in [2.75, 3.05) is 33.3 Å². The molecule has 2 aromatic rings. The fourth-order valence-electron chi connectivity index (χ4n) is 3.04. The predicted molar refractivity (Wildman–Crippen MR) is 84.7 cm³/mol. The first kappa shape index (κ1) is 15.0. The molecule has 1 saturated heterocycles. The first-order chi connectivity index (χ1) is 10.6. The van der Waals surface area contributed by atoms with Crippen molar-refractivity contribution in [3.8, 4) is 0 Å². The lowest BCUT2D eigenvalue weighted by Crippen LogP contribution is -2.53. The molecule has 1 aliphatic heterocycles. The highest BCUT2D eigenvalue weighted by atomic mass is 16.3. The lowest BCUT2D eigenvalue weighted by Gasteiger charge is -2.39. The minimum absolute atomic E-state index is 0.0450. The summed E-state index contributed by atoms with van der Waals surface area (Å²) in [5.74, 6) is 0.0450. The van der Waals surface area contributed by atoms with Gasteiger partial charge in [-0.2, -0.15) is 0 Å². The molecule has 0 aliphatic carbocycles. The number of benzene rings is 1. The molecule has 6 heteroatoms. The van der Waals surface area contributed by atoms with Crippen molar-refractivity contribution in [2.45, 2.75) is 12.5 Å². The highest BCUT2D eigenvalue weighted by molar-refractivity contribution is 5.97. The first-order valence-corrected chi connectivity index (χ1v) is 7.61. The van der Waals surface area contributed by atoms with Gasteiger partial charge in [-0.05, 0) is 31.7 Å². The van der Waals surface area contributed by atoms with Crippen LogP contribution in [0.2, 0.25) is 0 Å². The van der Waals surface area contributed by atoms with Gasteiger partial charge in [-0.25, -0.2) is 4.98 Å². The molecule has 1 aromatic carbocycles. The Bertz CT molecular complexity index is 682. The number of likely N-dealkylation sites (N-methyl/N-ethyl adjacent to an activating group) is 1. The van der Waals surface area contributed by atoms with E-state index >= 15 is 0 Å². The van der Waals surface area contributed by atoms with E-state index in [-0.39, 0.29) is 18.6 Å². The van der Waals surface area contributed by atoms with Gasteiger partial charge in [-0.3, -0.25) is 9.69 Å². The van der Waals surface area contributed by atoms with Crippen LogP contribution in [0, 0.1) is 0 Å². The molecule has 1 aromatic heterocycles. The second-order valence-electron chi connectivity index (χ2n) is 5.96. The normalized spacial score (nSPS) is 19.8. The van der Waals surface area contributed by atoms with Crippen molar-refractivity contribution < 1.29 is 9.90 Å². The molecule has 1 atom stereocenters. The topological polar surface area (TPSA) is 61.6 Å². The average molecular weight is 302 g/mol. The number of hydrogen-bond acceptors (Lipinski definition) is 4. The van der Waals surface area contributed by atoms with Crippen molar-refractivity contribution in [3.05, 3.63) is 30.1 Å². The number of aryl methyl sites for hydroxylation is 1. The van der Waals surface area contributed by atoms with E-state index in [9.17, 15) is 4.79 Å². The molecule has 0 radical (unpaired) electrons. The fourth-order valence-corrected chi connectivity index (χ4v) is 3.04. The zero-order valence-corrected chi connectivity index (χ0v) is 13.1. The molecule has 0 spiro atoms. The third kappa shape index (κ3) is 2.71. The Kier molecular flexibility index (Phi) is 4.13. The van der Waals surface area contributed by atoms with Crippen LogP contribution in [-0.4, -0.2) is 69.7 Å². The molecule has 2 heterocycles. The molecule has 1 aliphatic rings. The first-order valence-electron chi connectivity index (χ1n) is 7.61. The van der Waals surface area contributed by atoms with Gasteiger partial charge in [-0.1, -0.05) is 0 Å². The number of rotatable bonds is 3. The zero-order chi connectivity index (χ0) is 15.7. The molecular weight excluding hydrogens is 280 g/mol. The monoisotopic (exact) mass is 302 g/mol. The predicted octanol–water partition coefficient (Wildman–Crippen LogP) is 0.712. The Morgan fingerprint density at radius 2 is 2.18 bits per heavy atom. The number of aromatic nitrogens is 2. The van der Waals surface area contributed by atoms with Crippen molar-refractivity contribution in [1.29, 1.82) is 0 Å². The summed E-state index contributed by atoms with van der Waals surface area (Å²) in [5, 5.41) is 9.16. The van der Waals surface area contributed by atoms with Gasteiger partial charge in [0.1, 0.15) is 0 Å². The summed E-state index contributed by atoms with van der Waals surface area (Å²) in [6, 6.07) is 5.89. The maximum atomic E-state index is 12.7. The number of piperazine rings is 1. The lowest BCUT2D eigenvalue weighted by atomic mass is 10.1. The van der Waals surface area contributed by atoms with E-state index in [0.717, 1.165) is 24.1 Å². The van der Waals surface area contributed by atoms with E-state index in [1.807, 2.05) is 41.8 Å². The number of carbonyl (C=O) groups is 1. The summed E-state index contributed by atoms with van der Waals surface area (Å²) >= 11 is 0. The summed E-state index contributed by atoms with van der Waals surface area (Å²) in [7, 11) is 3.98. The van der Waals surface area contributed by atoms with Crippen molar-refractivity contribution >= 4 is 16.9 Å². The van der Waals surface area contributed by atoms with E-state index in [1.165, 1.54) is 0 Å². The number of carbonyl (C=O) groups excluding carboxylic acids is 1. The minimum Gasteiger partial charge on any atom is -0.396 e. The Balaban J connectivity index is 1.79. The van der Waals surface area contributed by atoms with E-state index in [4.69, 9.17) is 5.11 Å². The molecule has 1 amide bonds. The Morgan fingerprint density at radius 1 is 1.36 bits per heavy atom. The molecule has 0 saturated carbocycles. The molecule has 118 valence electrons. The quantitative estimate of drug-likeness (QED) is 0.907. The van der Waals surface area contributed by atoms with Crippen LogP contribution in [0.5, 0.6) is 0 Å². The molecule has 0 unspecified atom stereocenters. The summed E-state index contributed by atoms with van der Waals surface area (Å²) < 4.78 is 1.94. The van der Waals surface area contributed by atoms with Gasteiger partial charge in [0.15, 0.2) is 0 Å². The summed E-state index contributed by atoms with van der Waals surface area (Å²) in [6.07, 6.45) is 2.45. The SMILES string of the molecule is CN1CCN(C(=O)c2ccc3c(c2)ncn3C)C[C@H]1CCO. The maximum Gasteiger partial charge on any atom is 0.254 e. The highest BCUT2D eigenvalue weighted by Gasteiger charge is 2.27. The second kappa shape index (κ2) is 6.06. The van der Waals surface area contributed by atoms with E-state index < -0.39 is 0 Å². The van der Waals surface area contributed by atoms with Crippen LogP contribution in [0.25, 0.3) is 11.0 Å². The van der Waals surface area contributed by atoms with Crippen molar-refractivity contribution in [2.24, 2.45) is 7.05 Å². The molecule has 3 rings (SSSR count). The Hall–Kier alpha value is -1.92. The Labute approximate surface area is 130 Å². The van der Waals surface area contributed by atoms with Gasteiger partial charge in [0.05, 0.1) is 17.4 Å². The molecule has 1 N–H and O–H groups in total. The van der Waals surface area contributed by atoms with Gasteiger partial charge in [0.25, 0.3) is 5.91 Å². The van der Waals surface area contributed by atoms with Crippen LogP contribution < -0.4 is 0 Å². The largest absolute Gasteiger partial charge is 0.396 e. The number of amides is 1.